The fraction of sp³-hybridized carbons (Fsp3) is 0.481. The van der Waals surface area contributed by atoms with Gasteiger partial charge in [0.05, 0.1) is 37.0 Å². The van der Waals surface area contributed by atoms with E-state index in [4.69, 9.17) is 19.2 Å². The smallest absolute Gasteiger partial charge is 0.337 e. The van der Waals surface area contributed by atoms with Gasteiger partial charge in [0.1, 0.15) is 24.2 Å². The van der Waals surface area contributed by atoms with Crippen LogP contribution in [-0.4, -0.2) is 68.3 Å². The van der Waals surface area contributed by atoms with Crippen molar-refractivity contribution >= 4 is 17.7 Å². The van der Waals surface area contributed by atoms with Gasteiger partial charge in [0.2, 0.25) is 5.91 Å². The number of rotatable bonds is 9. The lowest BCUT2D eigenvalue weighted by molar-refractivity contribution is -0.134. The Kier molecular flexibility index (Phi) is 8.06. The standard InChI is InChI=1S/C27H32N4O5/c1-18-16-30(10-11-31(18)24(32)9-12-34-2)26-22(15-28)14-23(25(29-26)20-7-8-20)36-17-19-5-4-6-21(13-19)27(33)35-3/h4-6,13-14,18,20H,7-12,16-17H2,1-3H3. The third-order valence-electron chi connectivity index (χ3n) is 6.59. The third-order valence-corrected chi connectivity index (χ3v) is 6.59. The van der Waals surface area contributed by atoms with Gasteiger partial charge in [0.15, 0.2) is 0 Å². The lowest BCUT2D eigenvalue weighted by Crippen LogP contribution is -2.54. The highest BCUT2D eigenvalue weighted by Gasteiger charge is 2.33. The number of piperazine rings is 1. The van der Waals surface area contributed by atoms with Crippen LogP contribution in [0.15, 0.2) is 30.3 Å². The second kappa shape index (κ2) is 11.4. The maximum absolute atomic E-state index is 12.5. The van der Waals surface area contributed by atoms with E-state index < -0.39 is 5.97 Å². The predicted octanol–water partition coefficient (Wildman–Crippen LogP) is 3.27. The summed E-state index contributed by atoms with van der Waals surface area (Å²) in [5, 5.41) is 9.93. The summed E-state index contributed by atoms with van der Waals surface area (Å²) >= 11 is 0. The van der Waals surface area contributed by atoms with Gasteiger partial charge in [-0.25, -0.2) is 9.78 Å². The number of ether oxygens (including phenoxy) is 3. The summed E-state index contributed by atoms with van der Waals surface area (Å²) in [6, 6.07) is 11.2. The quantitative estimate of drug-likeness (QED) is 0.491. The Morgan fingerprint density at radius 1 is 1.19 bits per heavy atom. The first-order chi connectivity index (χ1) is 17.4. The highest BCUT2D eigenvalue weighted by atomic mass is 16.5. The zero-order chi connectivity index (χ0) is 25.7. The Bertz CT molecular complexity index is 1160. The summed E-state index contributed by atoms with van der Waals surface area (Å²) in [5.41, 5.74) is 2.59. The molecule has 1 amide bonds. The minimum Gasteiger partial charge on any atom is -0.487 e. The van der Waals surface area contributed by atoms with Crippen molar-refractivity contribution < 1.29 is 23.8 Å². The summed E-state index contributed by atoms with van der Waals surface area (Å²) < 4.78 is 16.0. The second-order valence-electron chi connectivity index (χ2n) is 9.23. The van der Waals surface area contributed by atoms with Gasteiger partial charge in [-0.05, 0) is 37.5 Å². The number of nitrogens with zero attached hydrogens (tertiary/aromatic N) is 4. The first-order valence-corrected chi connectivity index (χ1v) is 12.2. The minimum absolute atomic E-state index is 0.00108. The van der Waals surface area contributed by atoms with Crippen molar-refractivity contribution in [2.24, 2.45) is 0 Å². The second-order valence-corrected chi connectivity index (χ2v) is 9.23. The van der Waals surface area contributed by atoms with Gasteiger partial charge < -0.3 is 24.0 Å². The molecule has 1 aromatic heterocycles. The molecule has 2 aromatic rings. The number of methoxy groups -OCH3 is 2. The molecular weight excluding hydrogens is 460 g/mol. The van der Waals surface area contributed by atoms with Gasteiger partial charge in [-0.15, -0.1) is 0 Å². The average molecular weight is 493 g/mol. The van der Waals surface area contributed by atoms with E-state index in [1.165, 1.54) is 7.11 Å². The Hall–Kier alpha value is -3.64. The number of carbonyl (C=O) groups excluding carboxylic acids is 2. The topological polar surface area (TPSA) is 105 Å². The normalized spacial score (nSPS) is 17.4. The Balaban J connectivity index is 1.52. The molecule has 0 radical (unpaired) electrons. The number of hydrogen-bond donors (Lipinski definition) is 0. The van der Waals surface area contributed by atoms with Crippen molar-refractivity contribution in [1.29, 1.82) is 5.26 Å². The van der Waals surface area contributed by atoms with Crippen LogP contribution < -0.4 is 9.64 Å². The van der Waals surface area contributed by atoms with Gasteiger partial charge in [-0.1, -0.05) is 12.1 Å². The fourth-order valence-electron chi connectivity index (χ4n) is 4.51. The van der Waals surface area contributed by atoms with Crippen LogP contribution in [0.2, 0.25) is 0 Å². The molecule has 0 N–H and O–H groups in total. The largest absolute Gasteiger partial charge is 0.487 e. The van der Waals surface area contributed by atoms with Crippen molar-refractivity contribution in [3.05, 3.63) is 52.7 Å². The van der Waals surface area contributed by atoms with Crippen LogP contribution >= 0.6 is 0 Å². The maximum atomic E-state index is 12.5. The zero-order valence-corrected chi connectivity index (χ0v) is 21.0. The molecule has 1 aliphatic heterocycles. The Morgan fingerprint density at radius 3 is 2.67 bits per heavy atom. The van der Waals surface area contributed by atoms with Crippen molar-refractivity contribution in [3.8, 4) is 11.8 Å². The van der Waals surface area contributed by atoms with Crippen molar-refractivity contribution in [2.75, 3.05) is 45.4 Å². The number of pyridine rings is 1. The maximum Gasteiger partial charge on any atom is 0.337 e. The van der Waals surface area contributed by atoms with Gasteiger partial charge in [-0.2, -0.15) is 5.26 Å². The van der Waals surface area contributed by atoms with Crippen LogP contribution in [0.1, 0.15) is 59.3 Å². The number of benzene rings is 1. The van der Waals surface area contributed by atoms with Gasteiger partial charge in [-0.3, -0.25) is 4.79 Å². The highest BCUT2D eigenvalue weighted by Crippen LogP contribution is 2.45. The van der Waals surface area contributed by atoms with E-state index in [-0.39, 0.29) is 18.6 Å². The molecule has 1 saturated carbocycles. The fourth-order valence-corrected chi connectivity index (χ4v) is 4.51. The number of carbonyl (C=O) groups is 2. The molecule has 4 rings (SSSR count). The SMILES string of the molecule is COCCC(=O)N1CCN(c2nc(C3CC3)c(OCc3cccc(C(=O)OC)c3)cc2C#N)CC1C. The van der Waals surface area contributed by atoms with Crippen molar-refractivity contribution in [3.63, 3.8) is 0 Å². The molecule has 9 nitrogen and oxygen atoms in total. The van der Waals surface area contributed by atoms with E-state index >= 15 is 0 Å². The third kappa shape index (κ3) is 5.77. The van der Waals surface area contributed by atoms with Gasteiger partial charge in [0, 0.05) is 44.8 Å². The molecule has 190 valence electrons. The number of esters is 1. The first kappa shape index (κ1) is 25.5. The molecule has 1 saturated heterocycles. The molecule has 1 atom stereocenters. The summed E-state index contributed by atoms with van der Waals surface area (Å²) in [6.07, 6.45) is 2.43. The molecule has 1 unspecified atom stereocenters. The zero-order valence-electron chi connectivity index (χ0n) is 21.0. The van der Waals surface area contributed by atoms with E-state index in [2.05, 4.69) is 11.0 Å². The monoisotopic (exact) mass is 492 g/mol. The summed E-state index contributed by atoms with van der Waals surface area (Å²) in [6.45, 7) is 4.45. The number of amides is 1. The molecule has 0 spiro atoms. The van der Waals surface area contributed by atoms with Crippen molar-refractivity contribution in [1.82, 2.24) is 9.88 Å². The van der Waals surface area contributed by atoms with Gasteiger partial charge >= 0.3 is 5.97 Å². The number of hydrogen-bond acceptors (Lipinski definition) is 8. The number of aromatic nitrogens is 1. The van der Waals surface area contributed by atoms with E-state index in [1.807, 2.05) is 17.9 Å². The Morgan fingerprint density at radius 2 is 2.00 bits per heavy atom. The highest BCUT2D eigenvalue weighted by molar-refractivity contribution is 5.89. The van der Waals surface area contributed by atoms with E-state index in [9.17, 15) is 14.9 Å². The summed E-state index contributed by atoms with van der Waals surface area (Å²) in [4.78, 5) is 33.3. The first-order valence-electron chi connectivity index (χ1n) is 12.2. The van der Waals surface area contributed by atoms with Crippen LogP contribution in [-0.2, 0) is 20.9 Å². The molecule has 9 heteroatoms. The Labute approximate surface area is 211 Å². The lowest BCUT2D eigenvalue weighted by Gasteiger charge is -2.40. The van der Waals surface area contributed by atoms with E-state index in [1.54, 1.807) is 31.4 Å². The van der Waals surface area contributed by atoms with Crippen LogP contribution in [0, 0.1) is 11.3 Å². The van der Waals surface area contributed by atoms with Crippen LogP contribution in [0.5, 0.6) is 5.75 Å². The molecule has 2 fully saturated rings. The molecular formula is C27H32N4O5. The molecule has 0 bridgehead atoms. The molecule has 2 heterocycles. The van der Waals surface area contributed by atoms with E-state index in [0.717, 1.165) is 24.1 Å². The van der Waals surface area contributed by atoms with E-state index in [0.29, 0.717) is 61.3 Å². The lowest BCUT2D eigenvalue weighted by atomic mass is 10.1. The molecule has 1 aromatic carbocycles. The molecule has 2 aliphatic rings. The predicted molar refractivity (Wildman–Crippen MR) is 133 cm³/mol. The van der Waals surface area contributed by atoms with Crippen LogP contribution in [0.25, 0.3) is 0 Å². The molecule has 1 aliphatic carbocycles. The van der Waals surface area contributed by atoms with Gasteiger partial charge in [0.25, 0.3) is 0 Å². The summed E-state index contributed by atoms with van der Waals surface area (Å²) in [7, 11) is 2.94. The number of nitriles is 1. The van der Waals surface area contributed by atoms with Crippen LogP contribution in [0.3, 0.4) is 0 Å². The average Bonchev–Trinajstić information content (AvgIpc) is 3.75. The minimum atomic E-state index is -0.400. The van der Waals surface area contributed by atoms with Crippen LogP contribution in [0.4, 0.5) is 5.82 Å². The summed E-state index contributed by atoms with van der Waals surface area (Å²) in [5.74, 6) is 1.24. The number of anilines is 1. The van der Waals surface area contributed by atoms with Crippen molar-refractivity contribution in [2.45, 2.75) is 44.8 Å². The molecule has 36 heavy (non-hydrogen) atoms.